The van der Waals surface area contributed by atoms with Gasteiger partial charge in [0.25, 0.3) is 5.69 Å². The van der Waals surface area contributed by atoms with Crippen molar-refractivity contribution in [2.75, 3.05) is 13.7 Å². The van der Waals surface area contributed by atoms with Crippen LogP contribution in [-0.2, 0) is 16.1 Å². The van der Waals surface area contributed by atoms with Crippen molar-refractivity contribution in [1.29, 1.82) is 0 Å². The van der Waals surface area contributed by atoms with Crippen molar-refractivity contribution in [3.8, 4) is 11.5 Å². The molecule has 0 aromatic heterocycles. The number of methoxy groups -OCH3 is 1. The second-order valence-corrected chi connectivity index (χ2v) is 5.25. The van der Waals surface area contributed by atoms with Crippen LogP contribution in [0.25, 0.3) is 6.08 Å². The summed E-state index contributed by atoms with van der Waals surface area (Å²) in [5, 5.41) is 10.9. The van der Waals surface area contributed by atoms with Gasteiger partial charge in [-0.15, -0.1) is 0 Å². The number of carbonyl (C=O) groups is 1. The molecule has 0 saturated heterocycles. The number of nitro groups is 1. The molecule has 26 heavy (non-hydrogen) atoms. The number of benzene rings is 2. The number of allylic oxidation sites excluding steroid dienone is 1. The minimum absolute atomic E-state index is 0.0949. The number of ether oxygens (including phenoxy) is 3. The molecule has 0 unspecified atom stereocenters. The topological polar surface area (TPSA) is 87.9 Å². The first kappa shape index (κ1) is 19.0. The van der Waals surface area contributed by atoms with E-state index in [2.05, 4.69) is 0 Å². The van der Waals surface area contributed by atoms with Gasteiger partial charge < -0.3 is 14.2 Å². The summed E-state index contributed by atoms with van der Waals surface area (Å²) in [6.07, 6.45) is 3.81. The van der Waals surface area contributed by atoms with Crippen LogP contribution in [0.3, 0.4) is 0 Å². The molecular weight excluding hydrogens is 338 g/mol. The Labute approximate surface area is 151 Å². The predicted octanol–water partition coefficient (Wildman–Crippen LogP) is 3.76. The average molecular weight is 357 g/mol. The van der Waals surface area contributed by atoms with Crippen LogP contribution in [0.5, 0.6) is 11.5 Å². The molecule has 0 spiro atoms. The monoisotopic (exact) mass is 357 g/mol. The van der Waals surface area contributed by atoms with E-state index in [9.17, 15) is 14.9 Å². The number of nitro benzene ring substituents is 1. The first-order valence-electron chi connectivity index (χ1n) is 7.86. The SMILES string of the molecule is C/C=C/c1ccc(OCC(=O)OCc2ccccc2[N+](=O)[O-])c(OC)c1. The molecular formula is C19H19NO6. The molecule has 0 heterocycles. The largest absolute Gasteiger partial charge is 0.493 e. The highest BCUT2D eigenvalue weighted by atomic mass is 16.6. The summed E-state index contributed by atoms with van der Waals surface area (Å²) < 4.78 is 15.7. The van der Waals surface area contributed by atoms with Crippen molar-refractivity contribution < 1.29 is 23.9 Å². The van der Waals surface area contributed by atoms with Crippen LogP contribution in [0.4, 0.5) is 5.69 Å². The van der Waals surface area contributed by atoms with Gasteiger partial charge in [-0.3, -0.25) is 10.1 Å². The van der Waals surface area contributed by atoms with Crippen LogP contribution < -0.4 is 9.47 Å². The third-order valence-electron chi connectivity index (χ3n) is 3.47. The average Bonchev–Trinajstić information content (AvgIpc) is 2.65. The Morgan fingerprint density at radius 2 is 1.96 bits per heavy atom. The first-order chi connectivity index (χ1) is 12.5. The third-order valence-corrected chi connectivity index (χ3v) is 3.47. The lowest BCUT2D eigenvalue weighted by Crippen LogP contribution is -2.15. The fraction of sp³-hybridized carbons (Fsp3) is 0.211. The molecule has 136 valence electrons. The quantitative estimate of drug-likeness (QED) is 0.406. The molecule has 0 N–H and O–H groups in total. The van der Waals surface area contributed by atoms with E-state index in [1.54, 1.807) is 24.3 Å². The van der Waals surface area contributed by atoms with Gasteiger partial charge in [-0.05, 0) is 30.7 Å². The number of para-hydroxylation sites is 1. The number of nitrogens with zero attached hydrogens (tertiary/aromatic N) is 1. The zero-order chi connectivity index (χ0) is 18.9. The molecule has 0 amide bonds. The molecule has 0 aliphatic carbocycles. The molecule has 0 radical (unpaired) electrons. The van der Waals surface area contributed by atoms with Crippen LogP contribution in [0, 0.1) is 10.1 Å². The Bertz CT molecular complexity index is 815. The van der Waals surface area contributed by atoms with Crippen LogP contribution in [0.15, 0.2) is 48.5 Å². The fourth-order valence-electron chi connectivity index (χ4n) is 2.25. The van der Waals surface area contributed by atoms with Crippen LogP contribution in [-0.4, -0.2) is 24.6 Å². The fourth-order valence-corrected chi connectivity index (χ4v) is 2.25. The molecule has 7 heteroatoms. The Balaban J connectivity index is 1.94. The summed E-state index contributed by atoms with van der Waals surface area (Å²) in [4.78, 5) is 22.3. The van der Waals surface area contributed by atoms with Gasteiger partial charge in [0.05, 0.1) is 17.6 Å². The van der Waals surface area contributed by atoms with Crippen molar-refractivity contribution in [1.82, 2.24) is 0 Å². The van der Waals surface area contributed by atoms with Crippen molar-refractivity contribution >= 4 is 17.7 Å². The van der Waals surface area contributed by atoms with E-state index in [1.807, 2.05) is 25.1 Å². The van der Waals surface area contributed by atoms with E-state index in [0.717, 1.165) is 5.56 Å². The van der Waals surface area contributed by atoms with Crippen LogP contribution >= 0.6 is 0 Å². The van der Waals surface area contributed by atoms with Crippen LogP contribution in [0.2, 0.25) is 0 Å². The maximum Gasteiger partial charge on any atom is 0.344 e. The smallest absolute Gasteiger partial charge is 0.344 e. The molecule has 0 fully saturated rings. The second-order valence-electron chi connectivity index (χ2n) is 5.25. The Morgan fingerprint density at radius 1 is 1.19 bits per heavy atom. The molecule has 0 atom stereocenters. The maximum absolute atomic E-state index is 11.9. The highest BCUT2D eigenvalue weighted by Gasteiger charge is 2.15. The number of rotatable bonds is 8. The van der Waals surface area contributed by atoms with Gasteiger partial charge >= 0.3 is 5.97 Å². The Morgan fingerprint density at radius 3 is 2.65 bits per heavy atom. The summed E-state index contributed by atoms with van der Waals surface area (Å²) in [6.45, 7) is 1.38. The van der Waals surface area contributed by atoms with E-state index in [1.165, 1.54) is 19.2 Å². The van der Waals surface area contributed by atoms with E-state index < -0.39 is 10.9 Å². The number of carbonyl (C=O) groups excluding carboxylic acids is 1. The lowest BCUT2D eigenvalue weighted by molar-refractivity contribution is -0.385. The zero-order valence-corrected chi connectivity index (χ0v) is 14.5. The normalized spacial score (nSPS) is 10.5. The van der Waals surface area contributed by atoms with Crippen molar-refractivity contribution in [3.05, 3.63) is 69.8 Å². The van der Waals surface area contributed by atoms with Gasteiger partial charge in [-0.25, -0.2) is 4.79 Å². The minimum Gasteiger partial charge on any atom is -0.493 e. The Hall–Kier alpha value is -3.35. The highest BCUT2D eigenvalue weighted by molar-refractivity contribution is 5.71. The summed E-state index contributed by atoms with van der Waals surface area (Å²) in [5.74, 6) is 0.262. The van der Waals surface area contributed by atoms with E-state index >= 15 is 0 Å². The molecule has 2 aromatic rings. The standard InChI is InChI=1S/C19H19NO6/c1-3-6-14-9-10-17(18(11-14)24-2)25-13-19(21)26-12-15-7-4-5-8-16(15)20(22)23/h3-11H,12-13H2,1-2H3/b6-3+. The zero-order valence-electron chi connectivity index (χ0n) is 14.5. The lowest BCUT2D eigenvalue weighted by atomic mass is 10.2. The number of hydrogen-bond acceptors (Lipinski definition) is 6. The number of hydrogen-bond donors (Lipinski definition) is 0. The highest BCUT2D eigenvalue weighted by Crippen LogP contribution is 2.28. The van der Waals surface area contributed by atoms with Crippen molar-refractivity contribution in [3.63, 3.8) is 0 Å². The van der Waals surface area contributed by atoms with Crippen LogP contribution in [0.1, 0.15) is 18.1 Å². The van der Waals surface area contributed by atoms with Gasteiger partial charge in [0.2, 0.25) is 0 Å². The van der Waals surface area contributed by atoms with E-state index in [0.29, 0.717) is 17.1 Å². The minimum atomic E-state index is -0.636. The molecule has 0 aliphatic rings. The van der Waals surface area contributed by atoms with E-state index in [4.69, 9.17) is 14.2 Å². The van der Waals surface area contributed by atoms with E-state index in [-0.39, 0.29) is 18.9 Å². The molecule has 7 nitrogen and oxygen atoms in total. The first-order valence-corrected chi connectivity index (χ1v) is 7.86. The van der Waals surface area contributed by atoms with Crippen molar-refractivity contribution in [2.45, 2.75) is 13.5 Å². The Kier molecular flexibility index (Phi) is 6.73. The molecule has 2 rings (SSSR count). The molecule has 0 bridgehead atoms. The van der Waals surface area contributed by atoms with Gasteiger partial charge in [0.15, 0.2) is 18.1 Å². The number of esters is 1. The molecule has 2 aromatic carbocycles. The summed E-state index contributed by atoms with van der Waals surface area (Å²) in [7, 11) is 1.51. The maximum atomic E-state index is 11.9. The molecule has 0 aliphatic heterocycles. The van der Waals surface area contributed by atoms with Gasteiger partial charge in [-0.2, -0.15) is 0 Å². The summed E-state index contributed by atoms with van der Waals surface area (Å²) in [6, 6.07) is 11.4. The third kappa shape index (κ3) is 5.07. The van der Waals surface area contributed by atoms with Crippen molar-refractivity contribution in [2.24, 2.45) is 0 Å². The van der Waals surface area contributed by atoms with Gasteiger partial charge in [0, 0.05) is 6.07 Å². The summed E-state index contributed by atoms with van der Waals surface area (Å²) >= 11 is 0. The predicted molar refractivity (Wildman–Crippen MR) is 96.1 cm³/mol. The second kappa shape index (κ2) is 9.22. The van der Waals surface area contributed by atoms with Gasteiger partial charge in [0.1, 0.15) is 6.61 Å². The lowest BCUT2D eigenvalue weighted by Gasteiger charge is -2.11. The molecule has 0 saturated carbocycles. The summed E-state index contributed by atoms with van der Waals surface area (Å²) in [5.41, 5.74) is 1.16. The van der Waals surface area contributed by atoms with Gasteiger partial charge in [-0.1, -0.05) is 30.4 Å².